The average Bonchev–Trinajstić information content (AvgIpc) is 3.02. The van der Waals surface area contributed by atoms with Crippen molar-refractivity contribution in [1.82, 2.24) is 4.90 Å². The lowest BCUT2D eigenvalue weighted by molar-refractivity contribution is 0.209. The molecule has 1 aliphatic rings. The van der Waals surface area contributed by atoms with Crippen LogP contribution in [-0.4, -0.2) is 30.2 Å². The summed E-state index contributed by atoms with van der Waals surface area (Å²) in [5.74, 6) is 0. The summed E-state index contributed by atoms with van der Waals surface area (Å²) in [5.41, 5.74) is 9.73. The highest BCUT2D eigenvalue weighted by atomic mass is 32.1. The standard InChI is InChI=1S/C17H22N4S/c18-9-14-8-15(3-4-17(14)19)20-16-2-1-6-21(11-16)10-13-5-7-22-12-13/h3-5,7-9,12,16,18,20H,1-2,6,10-11,19H2/t16-/m0/s1. The minimum Gasteiger partial charge on any atom is -0.398 e. The summed E-state index contributed by atoms with van der Waals surface area (Å²) in [6, 6.07) is 8.49. The topological polar surface area (TPSA) is 65.1 Å². The van der Waals surface area contributed by atoms with Crippen molar-refractivity contribution in [3.63, 3.8) is 0 Å². The van der Waals surface area contributed by atoms with Gasteiger partial charge in [-0.3, -0.25) is 4.90 Å². The SMILES string of the molecule is N=Cc1cc(N[C@H]2CCCN(Cc3ccsc3)C2)ccc1N. The zero-order chi connectivity index (χ0) is 15.4. The summed E-state index contributed by atoms with van der Waals surface area (Å²) in [5, 5.41) is 15.4. The highest BCUT2D eigenvalue weighted by molar-refractivity contribution is 7.07. The quantitative estimate of drug-likeness (QED) is 0.585. The Morgan fingerprint density at radius 1 is 1.41 bits per heavy atom. The number of thiophene rings is 1. The number of likely N-dealkylation sites (tertiary alicyclic amines) is 1. The fourth-order valence-corrected chi connectivity index (χ4v) is 3.64. The summed E-state index contributed by atoms with van der Waals surface area (Å²) < 4.78 is 0. The number of piperidine rings is 1. The summed E-state index contributed by atoms with van der Waals surface area (Å²) in [6.07, 6.45) is 3.71. The zero-order valence-corrected chi connectivity index (χ0v) is 13.4. The van der Waals surface area contributed by atoms with Gasteiger partial charge < -0.3 is 16.5 Å². The Morgan fingerprint density at radius 3 is 3.09 bits per heavy atom. The number of nitrogens with one attached hydrogen (secondary N) is 2. The van der Waals surface area contributed by atoms with Crippen LogP contribution < -0.4 is 11.1 Å². The molecule has 0 saturated carbocycles. The van der Waals surface area contributed by atoms with Gasteiger partial charge in [-0.2, -0.15) is 11.3 Å². The smallest absolute Gasteiger partial charge is 0.0404 e. The van der Waals surface area contributed by atoms with Crippen molar-refractivity contribution in [2.24, 2.45) is 0 Å². The van der Waals surface area contributed by atoms with Gasteiger partial charge in [-0.05, 0) is 60.0 Å². The number of nitrogens with two attached hydrogens (primary N) is 1. The molecule has 1 aromatic heterocycles. The van der Waals surface area contributed by atoms with Gasteiger partial charge in [0.25, 0.3) is 0 Å². The molecule has 1 aromatic carbocycles. The van der Waals surface area contributed by atoms with E-state index < -0.39 is 0 Å². The molecule has 1 atom stereocenters. The van der Waals surface area contributed by atoms with Crippen LogP contribution in [0.25, 0.3) is 0 Å². The molecular formula is C17H22N4S. The first-order chi connectivity index (χ1) is 10.7. The molecule has 3 rings (SSSR count). The van der Waals surface area contributed by atoms with E-state index in [4.69, 9.17) is 11.1 Å². The summed E-state index contributed by atoms with van der Waals surface area (Å²) in [7, 11) is 0. The van der Waals surface area contributed by atoms with Crippen molar-refractivity contribution in [2.45, 2.75) is 25.4 Å². The van der Waals surface area contributed by atoms with Crippen LogP contribution in [0.5, 0.6) is 0 Å². The van der Waals surface area contributed by atoms with E-state index in [9.17, 15) is 0 Å². The maximum Gasteiger partial charge on any atom is 0.0404 e. The van der Waals surface area contributed by atoms with Crippen LogP contribution >= 0.6 is 11.3 Å². The van der Waals surface area contributed by atoms with Gasteiger partial charge in [-0.25, -0.2) is 0 Å². The number of anilines is 2. The number of hydrogen-bond donors (Lipinski definition) is 3. The van der Waals surface area contributed by atoms with Crippen LogP contribution in [-0.2, 0) is 6.54 Å². The lowest BCUT2D eigenvalue weighted by Crippen LogP contribution is -2.41. The van der Waals surface area contributed by atoms with Crippen molar-refractivity contribution in [3.8, 4) is 0 Å². The van der Waals surface area contributed by atoms with Crippen LogP contribution in [0.15, 0.2) is 35.0 Å². The fourth-order valence-electron chi connectivity index (χ4n) is 2.98. The van der Waals surface area contributed by atoms with Gasteiger partial charge in [0.1, 0.15) is 0 Å². The molecular weight excluding hydrogens is 292 g/mol. The predicted molar refractivity (Wildman–Crippen MR) is 95.0 cm³/mol. The molecule has 0 unspecified atom stereocenters. The molecule has 1 saturated heterocycles. The maximum atomic E-state index is 7.40. The minimum atomic E-state index is 0.453. The normalized spacial score (nSPS) is 19.0. The minimum absolute atomic E-state index is 0.453. The first-order valence-electron chi connectivity index (χ1n) is 7.64. The number of nitrogen functional groups attached to an aromatic ring is 1. The Labute approximate surface area is 135 Å². The van der Waals surface area contributed by atoms with Crippen LogP contribution in [0.3, 0.4) is 0 Å². The predicted octanol–water partition coefficient (Wildman–Crippen LogP) is 3.40. The van der Waals surface area contributed by atoms with Crippen LogP contribution in [0, 0.1) is 5.41 Å². The lowest BCUT2D eigenvalue weighted by atomic mass is 10.0. The molecule has 0 amide bonds. The Morgan fingerprint density at radius 2 is 2.32 bits per heavy atom. The largest absolute Gasteiger partial charge is 0.398 e. The first kappa shape index (κ1) is 15.1. The Bertz CT molecular complexity index is 624. The molecule has 1 fully saturated rings. The molecule has 2 heterocycles. The lowest BCUT2D eigenvalue weighted by Gasteiger charge is -2.33. The van der Waals surface area contributed by atoms with E-state index in [1.807, 2.05) is 18.2 Å². The van der Waals surface area contributed by atoms with Crippen molar-refractivity contribution < 1.29 is 0 Å². The van der Waals surface area contributed by atoms with E-state index in [0.29, 0.717) is 11.7 Å². The molecule has 0 radical (unpaired) electrons. The molecule has 0 spiro atoms. The molecule has 22 heavy (non-hydrogen) atoms. The van der Waals surface area contributed by atoms with E-state index in [1.54, 1.807) is 11.3 Å². The first-order valence-corrected chi connectivity index (χ1v) is 8.59. The third-order valence-corrected chi connectivity index (χ3v) is 4.84. The third kappa shape index (κ3) is 3.67. The van der Waals surface area contributed by atoms with Crippen molar-refractivity contribution in [3.05, 3.63) is 46.2 Å². The van der Waals surface area contributed by atoms with E-state index in [0.717, 1.165) is 24.3 Å². The van der Waals surface area contributed by atoms with Gasteiger partial charge in [-0.1, -0.05) is 0 Å². The highest BCUT2D eigenvalue weighted by Gasteiger charge is 2.20. The molecule has 0 aliphatic carbocycles. The second-order valence-corrected chi connectivity index (χ2v) is 6.62. The van der Waals surface area contributed by atoms with Gasteiger partial charge in [0.2, 0.25) is 0 Å². The Balaban J connectivity index is 1.61. The van der Waals surface area contributed by atoms with Gasteiger partial charge in [0, 0.05) is 42.3 Å². The fraction of sp³-hybridized carbons (Fsp3) is 0.353. The van der Waals surface area contributed by atoms with E-state index in [1.165, 1.54) is 31.2 Å². The van der Waals surface area contributed by atoms with Gasteiger partial charge in [0.05, 0.1) is 0 Å². The number of benzene rings is 1. The number of rotatable bonds is 5. The Kier molecular flexibility index (Phi) is 4.75. The monoisotopic (exact) mass is 314 g/mol. The Hall–Kier alpha value is -1.85. The number of nitrogens with zero attached hydrogens (tertiary/aromatic N) is 1. The average molecular weight is 314 g/mol. The van der Waals surface area contributed by atoms with E-state index in [2.05, 4.69) is 27.0 Å². The maximum absolute atomic E-state index is 7.40. The molecule has 1 aliphatic heterocycles. The van der Waals surface area contributed by atoms with E-state index in [-0.39, 0.29) is 0 Å². The van der Waals surface area contributed by atoms with Gasteiger partial charge in [-0.15, -0.1) is 0 Å². The summed E-state index contributed by atoms with van der Waals surface area (Å²) in [6.45, 7) is 3.26. The summed E-state index contributed by atoms with van der Waals surface area (Å²) >= 11 is 1.76. The van der Waals surface area contributed by atoms with E-state index >= 15 is 0 Å². The van der Waals surface area contributed by atoms with Crippen LogP contribution in [0.1, 0.15) is 24.0 Å². The number of hydrogen-bond acceptors (Lipinski definition) is 5. The second-order valence-electron chi connectivity index (χ2n) is 5.84. The summed E-state index contributed by atoms with van der Waals surface area (Å²) in [4.78, 5) is 2.51. The highest BCUT2D eigenvalue weighted by Crippen LogP contribution is 2.21. The molecule has 116 valence electrons. The van der Waals surface area contributed by atoms with Crippen molar-refractivity contribution in [2.75, 3.05) is 24.1 Å². The zero-order valence-electron chi connectivity index (χ0n) is 12.6. The van der Waals surface area contributed by atoms with Crippen LogP contribution in [0.4, 0.5) is 11.4 Å². The molecule has 4 nitrogen and oxygen atoms in total. The van der Waals surface area contributed by atoms with Gasteiger partial charge >= 0.3 is 0 Å². The van der Waals surface area contributed by atoms with Crippen molar-refractivity contribution >= 4 is 28.9 Å². The molecule has 4 N–H and O–H groups in total. The third-order valence-electron chi connectivity index (χ3n) is 4.10. The molecule has 5 heteroatoms. The second kappa shape index (κ2) is 6.94. The van der Waals surface area contributed by atoms with Gasteiger partial charge in [0.15, 0.2) is 0 Å². The van der Waals surface area contributed by atoms with Crippen molar-refractivity contribution in [1.29, 1.82) is 5.41 Å². The molecule has 2 aromatic rings. The molecule has 0 bridgehead atoms. The van der Waals surface area contributed by atoms with Crippen LogP contribution in [0.2, 0.25) is 0 Å².